The van der Waals surface area contributed by atoms with Gasteiger partial charge in [0.15, 0.2) is 0 Å². The number of benzene rings is 1. The molecule has 21 heavy (non-hydrogen) atoms. The highest BCUT2D eigenvalue weighted by Gasteiger charge is 2.28. The Morgan fingerprint density at radius 3 is 2.38 bits per heavy atom. The van der Waals surface area contributed by atoms with Crippen LogP contribution in [0.1, 0.15) is 32.3 Å². The Balaban J connectivity index is 2.70. The Kier molecular flexibility index (Phi) is 6.16. The summed E-state index contributed by atoms with van der Waals surface area (Å²) in [5.41, 5.74) is 0.434. The van der Waals surface area contributed by atoms with Gasteiger partial charge in [0, 0.05) is 18.0 Å². The van der Waals surface area contributed by atoms with E-state index in [9.17, 15) is 17.6 Å². The molecule has 1 N–H and O–H groups in total. The van der Waals surface area contributed by atoms with Gasteiger partial charge in [-0.05, 0) is 38.5 Å². The first-order chi connectivity index (χ1) is 9.57. The lowest BCUT2D eigenvalue weighted by molar-refractivity contribution is -0.174. The van der Waals surface area contributed by atoms with Gasteiger partial charge in [0.2, 0.25) is 0 Å². The van der Waals surface area contributed by atoms with Crippen molar-refractivity contribution in [3.63, 3.8) is 0 Å². The van der Waals surface area contributed by atoms with Gasteiger partial charge >= 0.3 is 6.18 Å². The molecule has 0 bridgehead atoms. The number of nitrogens with one attached hydrogen (secondary N) is 1. The van der Waals surface area contributed by atoms with E-state index in [4.69, 9.17) is 4.74 Å². The van der Waals surface area contributed by atoms with Gasteiger partial charge in [-0.2, -0.15) is 13.2 Å². The number of hydrogen-bond donors (Lipinski definition) is 1. The first kappa shape index (κ1) is 17.9. The number of alkyl halides is 3. The van der Waals surface area contributed by atoms with Gasteiger partial charge in [0.1, 0.15) is 12.4 Å². The minimum Gasteiger partial charge on any atom is -0.371 e. The molecule has 1 aromatic carbocycles. The zero-order valence-electron chi connectivity index (χ0n) is 12.4. The maximum atomic E-state index is 13.3. The Morgan fingerprint density at radius 2 is 1.86 bits per heavy atom. The van der Waals surface area contributed by atoms with Crippen LogP contribution in [0.5, 0.6) is 0 Å². The number of ether oxygens (including phenoxy) is 1. The topological polar surface area (TPSA) is 21.3 Å². The average molecular weight is 307 g/mol. The molecule has 2 nitrogen and oxygen atoms in total. The standard InChI is InChI=1S/C15H21F4NO/c1-14(2,3)20-8-12(9-21-10-15(17,18)19)11-5-4-6-13(16)7-11/h4-7,12,20H,8-10H2,1-3H3. The highest BCUT2D eigenvalue weighted by Crippen LogP contribution is 2.20. The largest absolute Gasteiger partial charge is 0.411 e. The van der Waals surface area contributed by atoms with E-state index < -0.39 is 18.6 Å². The van der Waals surface area contributed by atoms with Gasteiger partial charge in [-0.15, -0.1) is 0 Å². The third-order valence-electron chi connectivity index (χ3n) is 2.78. The molecule has 1 aromatic rings. The summed E-state index contributed by atoms with van der Waals surface area (Å²) in [4.78, 5) is 0. The molecule has 0 aliphatic rings. The van der Waals surface area contributed by atoms with E-state index in [1.165, 1.54) is 12.1 Å². The average Bonchev–Trinajstić information content (AvgIpc) is 2.30. The third kappa shape index (κ3) is 8.02. The molecule has 120 valence electrons. The second-order valence-electron chi connectivity index (χ2n) is 6.01. The van der Waals surface area contributed by atoms with Gasteiger partial charge in [0.05, 0.1) is 6.61 Å². The molecule has 0 aliphatic heterocycles. The van der Waals surface area contributed by atoms with Gasteiger partial charge < -0.3 is 10.1 Å². The van der Waals surface area contributed by atoms with Crippen LogP contribution < -0.4 is 5.32 Å². The molecule has 0 aliphatic carbocycles. The first-order valence-electron chi connectivity index (χ1n) is 6.72. The zero-order chi connectivity index (χ0) is 16.1. The van der Waals surface area contributed by atoms with Crippen molar-refractivity contribution in [2.75, 3.05) is 19.8 Å². The third-order valence-corrected chi connectivity index (χ3v) is 2.78. The van der Waals surface area contributed by atoms with Gasteiger partial charge in [-0.25, -0.2) is 4.39 Å². The summed E-state index contributed by atoms with van der Waals surface area (Å²) in [6, 6.07) is 5.85. The van der Waals surface area contributed by atoms with Crippen LogP contribution in [0, 0.1) is 5.82 Å². The van der Waals surface area contributed by atoms with E-state index in [-0.39, 0.29) is 18.1 Å². The molecule has 1 unspecified atom stereocenters. The summed E-state index contributed by atoms with van der Waals surface area (Å²) in [6.45, 7) is 4.84. The maximum absolute atomic E-state index is 13.3. The van der Waals surface area contributed by atoms with Crippen molar-refractivity contribution in [3.05, 3.63) is 35.6 Å². The summed E-state index contributed by atoms with van der Waals surface area (Å²) >= 11 is 0. The highest BCUT2D eigenvalue weighted by molar-refractivity contribution is 5.21. The molecular weight excluding hydrogens is 286 g/mol. The van der Waals surface area contributed by atoms with E-state index in [2.05, 4.69) is 5.32 Å². The second kappa shape index (κ2) is 7.22. The van der Waals surface area contributed by atoms with Crippen LogP contribution in [0.15, 0.2) is 24.3 Å². The Bertz CT molecular complexity index is 440. The summed E-state index contributed by atoms with van der Waals surface area (Å²) < 4.78 is 54.4. The first-order valence-corrected chi connectivity index (χ1v) is 6.72. The number of halogens is 4. The molecule has 0 fully saturated rings. The van der Waals surface area contributed by atoms with Crippen molar-refractivity contribution in [1.29, 1.82) is 0 Å². The Labute approximate surface area is 122 Å². The fraction of sp³-hybridized carbons (Fsp3) is 0.600. The highest BCUT2D eigenvalue weighted by atomic mass is 19.4. The summed E-state index contributed by atoms with van der Waals surface area (Å²) in [5, 5.41) is 3.20. The predicted octanol–water partition coefficient (Wildman–Crippen LogP) is 3.88. The van der Waals surface area contributed by atoms with E-state index in [0.29, 0.717) is 12.1 Å². The lowest BCUT2D eigenvalue weighted by Crippen LogP contribution is -2.39. The quantitative estimate of drug-likeness (QED) is 0.805. The number of hydrogen-bond acceptors (Lipinski definition) is 2. The molecular formula is C15H21F4NO. The van der Waals surface area contributed by atoms with Crippen molar-refractivity contribution in [3.8, 4) is 0 Å². The Hall–Kier alpha value is -1.14. The molecule has 0 saturated carbocycles. The van der Waals surface area contributed by atoms with E-state index in [1.807, 2.05) is 20.8 Å². The summed E-state index contributed by atoms with van der Waals surface area (Å²) in [7, 11) is 0. The minimum absolute atomic E-state index is 0.119. The van der Waals surface area contributed by atoms with E-state index in [1.54, 1.807) is 12.1 Å². The molecule has 1 atom stereocenters. The summed E-state index contributed by atoms with van der Waals surface area (Å²) in [5.74, 6) is -0.758. The van der Waals surface area contributed by atoms with Gasteiger partial charge in [-0.1, -0.05) is 12.1 Å². The molecule has 0 amide bonds. The molecule has 0 heterocycles. The van der Waals surface area contributed by atoms with Crippen LogP contribution in [-0.2, 0) is 4.74 Å². The van der Waals surface area contributed by atoms with Crippen LogP contribution in [0.2, 0.25) is 0 Å². The molecule has 0 aromatic heterocycles. The molecule has 0 radical (unpaired) electrons. The van der Waals surface area contributed by atoms with E-state index in [0.717, 1.165) is 0 Å². The van der Waals surface area contributed by atoms with Crippen LogP contribution >= 0.6 is 0 Å². The normalized spacial score (nSPS) is 14.2. The fourth-order valence-electron chi connectivity index (χ4n) is 1.78. The van der Waals surface area contributed by atoms with Gasteiger partial charge in [0.25, 0.3) is 0 Å². The smallest absolute Gasteiger partial charge is 0.371 e. The SMILES string of the molecule is CC(C)(C)NCC(COCC(F)(F)F)c1cccc(F)c1. The van der Waals surface area contributed by atoms with Crippen LogP contribution in [0.4, 0.5) is 17.6 Å². The number of rotatable bonds is 6. The van der Waals surface area contributed by atoms with Crippen LogP contribution in [-0.4, -0.2) is 31.5 Å². The lowest BCUT2D eigenvalue weighted by Gasteiger charge is -2.26. The van der Waals surface area contributed by atoms with Crippen molar-refractivity contribution in [2.45, 2.75) is 38.4 Å². The van der Waals surface area contributed by atoms with Crippen molar-refractivity contribution < 1.29 is 22.3 Å². The predicted molar refractivity (Wildman–Crippen MR) is 73.8 cm³/mol. The fourth-order valence-corrected chi connectivity index (χ4v) is 1.78. The van der Waals surface area contributed by atoms with Crippen molar-refractivity contribution in [2.24, 2.45) is 0 Å². The van der Waals surface area contributed by atoms with Crippen molar-refractivity contribution in [1.82, 2.24) is 5.32 Å². The second-order valence-corrected chi connectivity index (χ2v) is 6.01. The molecule has 0 saturated heterocycles. The summed E-state index contributed by atoms with van der Waals surface area (Å²) in [6.07, 6.45) is -4.36. The van der Waals surface area contributed by atoms with Crippen molar-refractivity contribution >= 4 is 0 Å². The molecule has 6 heteroatoms. The van der Waals surface area contributed by atoms with Gasteiger partial charge in [-0.3, -0.25) is 0 Å². The molecule has 0 spiro atoms. The van der Waals surface area contributed by atoms with E-state index >= 15 is 0 Å². The maximum Gasteiger partial charge on any atom is 0.411 e. The van der Waals surface area contributed by atoms with Crippen LogP contribution in [0.25, 0.3) is 0 Å². The Morgan fingerprint density at radius 1 is 1.19 bits per heavy atom. The minimum atomic E-state index is -4.36. The zero-order valence-corrected chi connectivity index (χ0v) is 12.4. The monoisotopic (exact) mass is 307 g/mol. The molecule has 1 rings (SSSR count). The van der Waals surface area contributed by atoms with Crippen LogP contribution in [0.3, 0.4) is 0 Å². The lowest BCUT2D eigenvalue weighted by atomic mass is 9.98.